The molecule has 0 bridgehead atoms. The van der Waals surface area contributed by atoms with Gasteiger partial charge in [-0.05, 0) is 18.2 Å². The molecule has 3 heteroatoms. The summed E-state index contributed by atoms with van der Waals surface area (Å²) in [6.45, 7) is 0. The first kappa shape index (κ1) is 29.8. The molecule has 0 unspecified atom stereocenters. The van der Waals surface area contributed by atoms with Gasteiger partial charge in [-0.2, -0.15) is 0 Å². The summed E-state index contributed by atoms with van der Waals surface area (Å²) in [6.07, 6.45) is 0. The van der Waals surface area contributed by atoms with E-state index in [-0.39, 0.29) is 0 Å². The molecule has 2 heterocycles. The van der Waals surface area contributed by atoms with E-state index in [2.05, 4.69) is 204 Å². The zero-order valence-corrected chi connectivity index (χ0v) is 29.5. The number of nitrogens with zero attached hydrogens (tertiary/aromatic N) is 2. The number of rotatable bonds is 6. The summed E-state index contributed by atoms with van der Waals surface area (Å²) in [4.78, 5) is 2.43. The molecule has 2 nitrogen and oxygen atoms in total. The van der Waals surface area contributed by atoms with E-state index in [0.717, 1.165) is 17.1 Å². The Morgan fingerprint density at radius 1 is 0.373 bits per heavy atom. The third-order valence-electron chi connectivity index (χ3n) is 10.00. The van der Waals surface area contributed by atoms with Crippen LogP contribution in [0.25, 0.3) is 69.0 Å². The standard InChI is InChI=1S/C48H32N2Se/c1-3-13-34(14-4-1)39-17-7-10-20-44(39)49(38-28-30-48-43(32-38)42-19-9-12-22-47(42)51-48)37-26-23-33(24-27-37)35-25-29-41-40-18-8-11-21-45(40)50(46(41)31-35)36-15-5-2-6-16-36/h1-32H. The second-order valence-corrected chi connectivity index (χ2v) is 15.2. The van der Waals surface area contributed by atoms with Crippen LogP contribution in [-0.4, -0.2) is 19.1 Å². The molecular formula is C48H32N2Se. The van der Waals surface area contributed by atoms with Crippen LogP contribution >= 0.6 is 0 Å². The zero-order valence-electron chi connectivity index (χ0n) is 27.8. The Balaban J connectivity index is 1.13. The normalized spacial score (nSPS) is 11.5. The van der Waals surface area contributed by atoms with Gasteiger partial charge in [0.1, 0.15) is 0 Å². The summed E-state index contributed by atoms with van der Waals surface area (Å²) in [6, 6.07) is 70.8. The van der Waals surface area contributed by atoms with E-state index in [0.29, 0.717) is 14.5 Å². The van der Waals surface area contributed by atoms with Crippen molar-refractivity contribution in [3.05, 3.63) is 194 Å². The third-order valence-corrected chi connectivity index (χ3v) is 12.4. The first-order valence-corrected chi connectivity index (χ1v) is 19.1. The van der Waals surface area contributed by atoms with E-state index in [1.807, 2.05) is 0 Å². The van der Waals surface area contributed by atoms with Crippen LogP contribution in [0.2, 0.25) is 0 Å². The second-order valence-electron chi connectivity index (χ2n) is 13.0. The van der Waals surface area contributed by atoms with Crippen molar-refractivity contribution in [3.8, 4) is 27.9 Å². The maximum absolute atomic E-state index is 2.43. The average molecular weight is 716 g/mol. The van der Waals surface area contributed by atoms with E-state index >= 15 is 0 Å². The summed E-state index contributed by atoms with van der Waals surface area (Å²) in [5.74, 6) is 0. The molecule has 0 spiro atoms. The Kier molecular flexibility index (Phi) is 7.20. The fourth-order valence-corrected chi connectivity index (χ4v) is 9.90. The molecule has 0 aliphatic heterocycles. The molecule has 0 atom stereocenters. The SMILES string of the molecule is c1ccc(-c2ccccc2N(c2ccc(-c3ccc4c5ccccc5n(-c5ccccc5)c4c3)cc2)c2ccc3[se]c4ccccc4c3c2)cc1. The van der Waals surface area contributed by atoms with Gasteiger partial charge >= 0.3 is 223 Å². The van der Waals surface area contributed by atoms with E-state index in [1.165, 1.54) is 69.0 Å². The van der Waals surface area contributed by atoms with Crippen LogP contribution < -0.4 is 4.90 Å². The van der Waals surface area contributed by atoms with Crippen molar-refractivity contribution in [3.63, 3.8) is 0 Å². The van der Waals surface area contributed by atoms with Gasteiger partial charge in [-0.25, -0.2) is 0 Å². The number of benzene rings is 8. The summed E-state index contributed by atoms with van der Waals surface area (Å²) in [5.41, 5.74) is 11.8. The molecule has 8 aromatic carbocycles. The summed E-state index contributed by atoms with van der Waals surface area (Å²) in [7, 11) is 0. The van der Waals surface area contributed by atoms with Crippen molar-refractivity contribution in [1.82, 2.24) is 4.57 Å². The van der Waals surface area contributed by atoms with Gasteiger partial charge in [-0.3, -0.25) is 0 Å². The first-order chi connectivity index (χ1) is 25.3. The molecule has 0 aliphatic rings. The molecule has 0 saturated carbocycles. The monoisotopic (exact) mass is 716 g/mol. The Morgan fingerprint density at radius 3 is 1.84 bits per heavy atom. The van der Waals surface area contributed by atoms with Crippen LogP contribution in [0.4, 0.5) is 17.1 Å². The number of aromatic nitrogens is 1. The maximum atomic E-state index is 2.43. The number of para-hydroxylation sites is 3. The van der Waals surface area contributed by atoms with Crippen LogP contribution in [0, 0.1) is 0 Å². The van der Waals surface area contributed by atoms with Crippen LogP contribution in [0.1, 0.15) is 0 Å². The van der Waals surface area contributed by atoms with Crippen molar-refractivity contribution in [2.75, 3.05) is 4.90 Å². The van der Waals surface area contributed by atoms with Crippen molar-refractivity contribution in [2.45, 2.75) is 0 Å². The van der Waals surface area contributed by atoms with Crippen molar-refractivity contribution >= 4 is 72.7 Å². The van der Waals surface area contributed by atoms with E-state index in [4.69, 9.17) is 0 Å². The Bertz CT molecular complexity index is 2850. The van der Waals surface area contributed by atoms with Crippen molar-refractivity contribution in [2.24, 2.45) is 0 Å². The van der Waals surface area contributed by atoms with Gasteiger partial charge in [0.05, 0.1) is 5.52 Å². The van der Waals surface area contributed by atoms with Crippen LogP contribution in [0.5, 0.6) is 0 Å². The van der Waals surface area contributed by atoms with Gasteiger partial charge in [0.15, 0.2) is 0 Å². The Labute approximate surface area is 302 Å². The van der Waals surface area contributed by atoms with Crippen molar-refractivity contribution in [1.29, 1.82) is 0 Å². The third kappa shape index (κ3) is 5.10. The minimum atomic E-state index is 0.326. The van der Waals surface area contributed by atoms with Crippen LogP contribution in [-0.2, 0) is 0 Å². The van der Waals surface area contributed by atoms with Gasteiger partial charge in [-0.15, -0.1) is 0 Å². The van der Waals surface area contributed by atoms with Gasteiger partial charge in [0.25, 0.3) is 0 Å². The molecule has 0 fully saturated rings. The molecule has 0 saturated heterocycles. The predicted octanol–water partition coefficient (Wildman–Crippen LogP) is 13.0. The molecular weight excluding hydrogens is 684 g/mol. The zero-order chi connectivity index (χ0) is 33.7. The number of fused-ring (bicyclic) bond motifs is 6. The Morgan fingerprint density at radius 2 is 1.00 bits per heavy atom. The van der Waals surface area contributed by atoms with Crippen LogP contribution in [0.3, 0.4) is 0 Å². The first-order valence-electron chi connectivity index (χ1n) is 17.4. The van der Waals surface area contributed by atoms with Gasteiger partial charge in [0.2, 0.25) is 0 Å². The molecule has 2 aromatic heterocycles. The summed E-state index contributed by atoms with van der Waals surface area (Å²) < 4.78 is 5.29. The molecule has 10 rings (SSSR count). The summed E-state index contributed by atoms with van der Waals surface area (Å²) >= 11 is 0.326. The average Bonchev–Trinajstić information content (AvgIpc) is 3.74. The fourth-order valence-electron chi connectivity index (χ4n) is 7.62. The van der Waals surface area contributed by atoms with E-state index in [9.17, 15) is 0 Å². The van der Waals surface area contributed by atoms with Gasteiger partial charge in [0, 0.05) is 16.5 Å². The quantitative estimate of drug-likeness (QED) is 0.156. The molecule has 0 radical (unpaired) electrons. The summed E-state index contributed by atoms with van der Waals surface area (Å²) in [5, 5.41) is 5.25. The predicted molar refractivity (Wildman–Crippen MR) is 218 cm³/mol. The Hall–Kier alpha value is -6.12. The van der Waals surface area contributed by atoms with Crippen LogP contribution in [0.15, 0.2) is 194 Å². The number of hydrogen-bond donors (Lipinski definition) is 0. The van der Waals surface area contributed by atoms with Crippen molar-refractivity contribution < 1.29 is 0 Å². The fraction of sp³-hybridized carbons (Fsp3) is 0. The topological polar surface area (TPSA) is 8.17 Å². The second kappa shape index (κ2) is 12.3. The molecule has 51 heavy (non-hydrogen) atoms. The number of hydrogen-bond acceptors (Lipinski definition) is 1. The number of anilines is 3. The van der Waals surface area contributed by atoms with E-state index in [1.54, 1.807) is 0 Å². The molecule has 0 N–H and O–H groups in total. The van der Waals surface area contributed by atoms with Gasteiger partial charge in [-0.1, -0.05) is 36.4 Å². The van der Waals surface area contributed by atoms with Gasteiger partial charge < -0.3 is 4.57 Å². The molecule has 0 amide bonds. The van der Waals surface area contributed by atoms with E-state index < -0.39 is 0 Å². The molecule has 240 valence electrons. The molecule has 0 aliphatic carbocycles. The minimum absolute atomic E-state index is 0.326. The molecule has 10 aromatic rings.